The van der Waals surface area contributed by atoms with Crippen molar-refractivity contribution in [3.8, 4) is 0 Å². The van der Waals surface area contributed by atoms with Crippen LogP contribution in [-0.4, -0.2) is 33.7 Å². The zero-order chi connectivity index (χ0) is 16.2. The van der Waals surface area contributed by atoms with Crippen LogP contribution in [0, 0.1) is 0 Å². The number of nitrogens with zero attached hydrogens (tertiary/aromatic N) is 3. The van der Waals surface area contributed by atoms with Crippen LogP contribution in [0.3, 0.4) is 0 Å². The first-order valence-electron chi connectivity index (χ1n) is 8.30. The topological polar surface area (TPSA) is 64.2 Å². The predicted molar refractivity (Wildman–Crippen MR) is 91.0 cm³/mol. The highest BCUT2D eigenvalue weighted by molar-refractivity contribution is 5.79. The van der Waals surface area contributed by atoms with E-state index >= 15 is 0 Å². The van der Waals surface area contributed by atoms with Gasteiger partial charge in [-0.3, -0.25) is 9.48 Å². The number of amides is 1. The molecule has 0 saturated carbocycles. The second kappa shape index (κ2) is 6.86. The lowest BCUT2D eigenvalue weighted by molar-refractivity contribution is -0.131. The van der Waals surface area contributed by atoms with Crippen LogP contribution >= 0.6 is 0 Å². The molecule has 1 fully saturated rings. The Bertz CT molecular complexity index is 654. The van der Waals surface area contributed by atoms with Crippen LogP contribution in [0.5, 0.6) is 0 Å². The minimum atomic E-state index is 0.206. The number of piperidine rings is 1. The minimum absolute atomic E-state index is 0.206. The molecule has 0 aliphatic carbocycles. The summed E-state index contributed by atoms with van der Waals surface area (Å²) in [6.45, 7) is 4.65. The van der Waals surface area contributed by atoms with E-state index in [4.69, 9.17) is 5.73 Å². The van der Waals surface area contributed by atoms with Crippen molar-refractivity contribution in [3.05, 3.63) is 47.8 Å². The first kappa shape index (κ1) is 15.6. The third-order valence-electron chi connectivity index (χ3n) is 4.63. The maximum Gasteiger partial charge on any atom is 0.226 e. The smallest absolute Gasteiger partial charge is 0.226 e. The molecule has 0 bridgehead atoms. The standard InChI is InChI=1S/C18H24N4O/c1-2-22-13-16(12-20-22)15-7-9-21(10-8-15)18(23)11-14-3-5-17(19)6-4-14/h3-6,12-13,15H,2,7-11,19H2,1H3. The highest BCUT2D eigenvalue weighted by Gasteiger charge is 2.24. The zero-order valence-corrected chi connectivity index (χ0v) is 13.6. The van der Waals surface area contributed by atoms with Crippen LogP contribution in [0.1, 0.15) is 36.8 Å². The lowest BCUT2D eigenvalue weighted by Gasteiger charge is -2.31. The summed E-state index contributed by atoms with van der Waals surface area (Å²) < 4.78 is 1.97. The van der Waals surface area contributed by atoms with E-state index in [1.807, 2.05) is 40.0 Å². The second-order valence-electron chi connectivity index (χ2n) is 6.20. The summed E-state index contributed by atoms with van der Waals surface area (Å²) >= 11 is 0. The monoisotopic (exact) mass is 312 g/mol. The van der Waals surface area contributed by atoms with Gasteiger partial charge in [0.1, 0.15) is 0 Å². The van der Waals surface area contributed by atoms with Crippen molar-refractivity contribution in [1.82, 2.24) is 14.7 Å². The number of aryl methyl sites for hydroxylation is 1. The maximum atomic E-state index is 12.4. The molecule has 5 nitrogen and oxygen atoms in total. The van der Waals surface area contributed by atoms with Gasteiger partial charge in [-0.05, 0) is 48.9 Å². The van der Waals surface area contributed by atoms with Crippen LogP contribution < -0.4 is 5.73 Å². The van der Waals surface area contributed by atoms with Crippen molar-refractivity contribution in [3.63, 3.8) is 0 Å². The van der Waals surface area contributed by atoms with E-state index < -0.39 is 0 Å². The first-order chi connectivity index (χ1) is 11.2. The third-order valence-corrected chi connectivity index (χ3v) is 4.63. The average Bonchev–Trinajstić information content (AvgIpc) is 3.06. The van der Waals surface area contributed by atoms with Gasteiger partial charge in [-0.1, -0.05) is 12.1 Å². The number of hydrogen-bond acceptors (Lipinski definition) is 3. The summed E-state index contributed by atoms with van der Waals surface area (Å²) in [5.74, 6) is 0.730. The number of nitrogens with two attached hydrogens (primary N) is 1. The van der Waals surface area contributed by atoms with Gasteiger partial charge in [0.2, 0.25) is 5.91 Å². The molecule has 3 rings (SSSR count). The molecule has 5 heteroatoms. The zero-order valence-electron chi connectivity index (χ0n) is 13.6. The summed E-state index contributed by atoms with van der Waals surface area (Å²) in [5, 5.41) is 4.35. The number of nitrogen functional groups attached to an aromatic ring is 1. The van der Waals surface area contributed by atoms with Crippen molar-refractivity contribution >= 4 is 11.6 Å². The van der Waals surface area contributed by atoms with Gasteiger partial charge in [-0.15, -0.1) is 0 Å². The van der Waals surface area contributed by atoms with E-state index in [-0.39, 0.29) is 5.91 Å². The molecule has 0 radical (unpaired) electrons. The quantitative estimate of drug-likeness (QED) is 0.882. The van der Waals surface area contributed by atoms with E-state index in [1.54, 1.807) is 0 Å². The number of aromatic nitrogens is 2. The number of likely N-dealkylation sites (tertiary alicyclic amines) is 1. The number of carbonyl (C=O) groups excluding carboxylic acids is 1. The van der Waals surface area contributed by atoms with Crippen LogP contribution in [0.2, 0.25) is 0 Å². The maximum absolute atomic E-state index is 12.4. The molecule has 0 spiro atoms. The van der Waals surface area contributed by atoms with Gasteiger partial charge < -0.3 is 10.6 Å². The van der Waals surface area contributed by atoms with Gasteiger partial charge in [0, 0.05) is 31.5 Å². The largest absolute Gasteiger partial charge is 0.399 e. The summed E-state index contributed by atoms with van der Waals surface area (Å²) in [7, 11) is 0. The van der Waals surface area contributed by atoms with E-state index in [1.165, 1.54) is 5.56 Å². The molecular formula is C18H24N4O. The molecule has 1 aliphatic heterocycles. The van der Waals surface area contributed by atoms with Gasteiger partial charge in [0.25, 0.3) is 0 Å². The van der Waals surface area contributed by atoms with Crippen molar-refractivity contribution in [1.29, 1.82) is 0 Å². The van der Waals surface area contributed by atoms with Crippen molar-refractivity contribution in [2.45, 2.75) is 38.6 Å². The Balaban J connectivity index is 1.53. The SMILES string of the molecule is CCn1cc(C2CCN(C(=O)Cc3ccc(N)cc3)CC2)cn1. The molecule has 0 unspecified atom stereocenters. The molecule has 0 atom stereocenters. The fourth-order valence-electron chi connectivity index (χ4n) is 3.15. The van der Waals surface area contributed by atoms with Gasteiger partial charge in [0.15, 0.2) is 0 Å². The van der Waals surface area contributed by atoms with Crippen LogP contribution in [-0.2, 0) is 17.8 Å². The van der Waals surface area contributed by atoms with Crippen molar-refractivity contribution in [2.24, 2.45) is 0 Å². The molecule has 2 aromatic rings. The van der Waals surface area contributed by atoms with E-state index in [9.17, 15) is 4.79 Å². The van der Waals surface area contributed by atoms with E-state index in [2.05, 4.69) is 18.2 Å². The van der Waals surface area contributed by atoms with E-state index in [0.29, 0.717) is 12.3 Å². The Morgan fingerprint density at radius 3 is 2.57 bits per heavy atom. The number of benzene rings is 1. The van der Waals surface area contributed by atoms with Gasteiger partial charge in [-0.25, -0.2) is 0 Å². The minimum Gasteiger partial charge on any atom is -0.399 e. The second-order valence-corrected chi connectivity index (χ2v) is 6.20. The molecule has 23 heavy (non-hydrogen) atoms. The fraction of sp³-hybridized carbons (Fsp3) is 0.444. The van der Waals surface area contributed by atoms with Gasteiger partial charge in [0.05, 0.1) is 12.6 Å². The Hall–Kier alpha value is -2.30. The fourth-order valence-corrected chi connectivity index (χ4v) is 3.15. The van der Waals surface area contributed by atoms with Gasteiger partial charge in [-0.2, -0.15) is 5.10 Å². The van der Waals surface area contributed by atoms with E-state index in [0.717, 1.165) is 43.7 Å². The third kappa shape index (κ3) is 3.73. The average molecular weight is 312 g/mol. The lowest BCUT2D eigenvalue weighted by atomic mass is 9.91. The first-order valence-corrected chi connectivity index (χ1v) is 8.30. The summed E-state index contributed by atoms with van der Waals surface area (Å²) in [5.41, 5.74) is 8.74. The molecule has 2 N–H and O–H groups in total. The highest BCUT2D eigenvalue weighted by atomic mass is 16.2. The molecule has 1 amide bonds. The summed E-state index contributed by atoms with van der Waals surface area (Å²) in [6, 6.07) is 7.55. The van der Waals surface area contributed by atoms with Crippen LogP contribution in [0.15, 0.2) is 36.7 Å². The van der Waals surface area contributed by atoms with Crippen molar-refractivity contribution in [2.75, 3.05) is 18.8 Å². The summed E-state index contributed by atoms with van der Waals surface area (Å²) in [4.78, 5) is 14.4. The Labute approximate surface area is 137 Å². The van der Waals surface area contributed by atoms with Gasteiger partial charge >= 0.3 is 0 Å². The molecule has 2 heterocycles. The Morgan fingerprint density at radius 2 is 1.96 bits per heavy atom. The lowest BCUT2D eigenvalue weighted by Crippen LogP contribution is -2.38. The highest BCUT2D eigenvalue weighted by Crippen LogP contribution is 2.28. The molecule has 1 aromatic carbocycles. The normalized spacial score (nSPS) is 15.8. The predicted octanol–water partition coefficient (Wildman–Crippen LogP) is 2.43. The number of hydrogen-bond donors (Lipinski definition) is 1. The molecule has 1 aromatic heterocycles. The summed E-state index contributed by atoms with van der Waals surface area (Å²) in [6.07, 6.45) is 6.60. The molecular weight excluding hydrogens is 288 g/mol. The molecule has 122 valence electrons. The number of anilines is 1. The Morgan fingerprint density at radius 1 is 1.26 bits per heavy atom. The Kier molecular flexibility index (Phi) is 4.65. The van der Waals surface area contributed by atoms with Crippen molar-refractivity contribution < 1.29 is 4.79 Å². The van der Waals surface area contributed by atoms with Crippen LogP contribution in [0.25, 0.3) is 0 Å². The number of rotatable bonds is 4. The molecule has 1 saturated heterocycles. The number of carbonyl (C=O) groups is 1. The van der Waals surface area contributed by atoms with Crippen LogP contribution in [0.4, 0.5) is 5.69 Å². The molecule has 1 aliphatic rings.